The molecule has 6 nitrogen and oxygen atoms in total. The molecule has 0 saturated heterocycles. The summed E-state index contributed by atoms with van der Waals surface area (Å²) in [7, 11) is 0. The molecule has 0 amide bonds. The predicted octanol–water partition coefficient (Wildman–Crippen LogP) is 3.28. The third-order valence-corrected chi connectivity index (χ3v) is 3.59. The largest absolute Gasteiger partial charge is 0.286 e. The number of nitro groups is 1. The summed E-state index contributed by atoms with van der Waals surface area (Å²) in [5, 5.41) is 20.5. The second-order valence-electron chi connectivity index (χ2n) is 5.04. The number of hydrogen-bond acceptors (Lipinski definition) is 4. The first-order valence-corrected chi connectivity index (χ1v) is 7.08. The molecule has 0 bridgehead atoms. The summed E-state index contributed by atoms with van der Waals surface area (Å²) in [6.45, 7) is 0. The van der Waals surface area contributed by atoms with Crippen molar-refractivity contribution in [1.82, 2.24) is 4.57 Å². The molecule has 116 valence electrons. The van der Waals surface area contributed by atoms with Gasteiger partial charge in [0.05, 0.1) is 28.3 Å². The van der Waals surface area contributed by atoms with Gasteiger partial charge in [0, 0.05) is 17.3 Å². The fourth-order valence-corrected chi connectivity index (χ4v) is 2.46. The highest BCUT2D eigenvalue weighted by atomic mass is 16.6. The lowest BCUT2D eigenvalue weighted by atomic mass is 10.0. The van der Waals surface area contributed by atoms with Crippen molar-refractivity contribution in [3.05, 3.63) is 92.9 Å². The first-order valence-electron chi connectivity index (χ1n) is 7.08. The van der Waals surface area contributed by atoms with Gasteiger partial charge in [0.15, 0.2) is 0 Å². The molecule has 0 radical (unpaired) electrons. The van der Waals surface area contributed by atoms with Crippen LogP contribution in [0.3, 0.4) is 0 Å². The SMILES string of the molecule is N#Cc1ccccc1-c1cc([N+](=O)[O-])cn(-c2ccccc2)c1=O. The van der Waals surface area contributed by atoms with Crippen LogP contribution in [-0.4, -0.2) is 9.49 Å². The zero-order valence-corrected chi connectivity index (χ0v) is 12.4. The molecule has 3 aromatic rings. The van der Waals surface area contributed by atoms with Crippen molar-refractivity contribution in [2.24, 2.45) is 0 Å². The van der Waals surface area contributed by atoms with E-state index >= 15 is 0 Å². The van der Waals surface area contributed by atoms with Crippen LogP contribution in [0, 0.1) is 21.4 Å². The highest BCUT2D eigenvalue weighted by Gasteiger charge is 2.18. The maximum Gasteiger partial charge on any atom is 0.286 e. The molecule has 6 heteroatoms. The lowest BCUT2D eigenvalue weighted by Gasteiger charge is -2.09. The Labute approximate surface area is 137 Å². The van der Waals surface area contributed by atoms with Crippen LogP contribution >= 0.6 is 0 Å². The van der Waals surface area contributed by atoms with E-state index in [0.29, 0.717) is 11.3 Å². The molecule has 0 unspecified atom stereocenters. The Kier molecular flexibility index (Phi) is 3.91. The second kappa shape index (κ2) is 6.18. The first kappa shape index (κ1) is 15.2. The second-order valence-corrected chi connectivity index (χ2v) is 5.04. The van der Waals surface area contributed by atoms with E-state index in [-0.39, 0.29) is 16.8 Å². The predicted molar refractivity (Wildman–Crippen MR) is 88.8 cm³/mol. The van der Waals surface area contributed by atoms with Crippen LogP contribution in [0.2, 0.25) is 0 Å². The van der Waals surface area contributed by atoms with Crippen molar-refractivity contribution in [3.63, 3.8) is 0 Å². The Hall–Kier alpha value is -3.72. The Morgan fingerprint density at radius 2 is 1.67 bits per heavy atom. The average molecular weight is 317 g/mol. The maximum atomic E-state index is 12.8. The average Bonchev–Trinajstić information content (AvgIpc) is 2.62. The summed E-state index contributed by atoms with van der Waals surface area (Å²) in [4.78, 5) is 23.5. The van der Waals surface area contributed by atoms with Gasteiger partial charge in [0.25, 0.3) is 11.2 Å². The number of nitriles is 1. The van der Waals surface area contributed by atoms with Crippen molar-refractivity contribution in [2.45, 2.75) is 0 Å². The number of hydrogen-bond donors (Lipinski definition) is 0. The molecule has 0 saturated carbocycles. The van der Waals surface area contributed by atoms with Gasteiger partial charge in [-0.2, -0.15) is 5.26 Å². The molecule has 0 atom stereocenters. The molecule has 0 spiro atoms. The van der Waals surface area contributed by atoms with Crippen LogP contribution in [-0.2, 0) is 0 Å². The summed E-state index contributed by atoms with van der Waals surface area (Å²) in [6.07, 6.45) is 1.19. The van der Waals surface area contributed by atoms with Gasteiger partial charge in [0.2, 0.25) is 0 Å². The Balaban J connectivity index is 2.35. The number of rotatable bonds is 3. The number of para-hydroxylation sites is 1. The molecule has 0 aliphatic heterocycles. The Bertz CT molecular complexity index is 1020. The third kappa shape index (κ3) is 2.66. The van der Waals surface area contributed by atoms with E-state index in [4.69, 9.17) is 0 Å². The lowest BCUT2D eigenvalue weighted by Crippen LogP contribution is -2.20. The van der Waals surface area contributed by atoms with E-state index in [2.05, 4.69) is 0 Å². The monoisotopic (exact) mass is 317 g/mol. The standard InChI is InChI=1S/C18H11N3O3/c19-11-13-6-4-5-9-16(13)17-10-15(21(23)24)12-20(18(17)22)14-7-2-1-3-8-14/h1-10,12H. The number of nitrogens with zero attached hydrogens (tertiary/aromatic N) is 3. The highest BCUT2D eigenvalue weighted by Crippen LogP contribution is 2.24. The molecule has 0 fully saturated rings. The van der Waals surface area contributed by atoms with E-state index in [0.717, 1.165) is 0 Å². The van der Waals surface area contributed by atoms with Crippen molar-refractivity contribution < 1.29 is 4.92 Å². The van der Waals surface area contributed by atoms with Gasteiger partial charge >= 0.3 is 0 Å². The summed E-state index contributed by atoms with van der Waals surface area (Å²) >= 11 is 0. The van der Waals surface area contributed by atoms with Crippen LogP contribution in [0.1, 0.15) is 5.56 Å². The van der Waals surface area contributed by atoms with Gasteiger partial charge in [-0.3, -0.25) is 19.5 Å². The third-order valence-electron chi connectivity index (χ3n) is 3.59. The minimum atomic E-state index is -0.558. The molecule has 24 heavy (non-hydrogen) atoms. The minimum Gasteiger partial charge on any atom is -0.277 e. The number of benzene rings is 2. The fourth-order valence-electron chi connectivity index (χ4n) is 2.46. The van der Waals surface area contributed by atoms with Gasteiger partial charge in [-0.25, -0.2) is 0 Å². The molecular weight excluding hydrogens is 306 g/mol. The fraction of sp³-hybridized carbons (Fsp3) is 0. The van der Waals surface area contributed by atoms with Gasteiger partial charge in [0.1, 0.15) is 0 Å². The maximum absolute atomic E-state index is 12.8. The summed E-state index contributed by atoms with van der Waals surface area (Å²) in [5.74, 6) is 0. The summed E-state index contributed by atoms with van der Waals surface area (Å²) < 4.78 is 1.22. The molecule has 0 aliphatic rings. The molecule has 3 rings (SSSR count). The van der Waals surface area contributed by atoms with E-state index < -0.39 is 10.5 Å². The minimum absolute atomic E-state index is 0.116. The smallest absolute Gasteiger partial charge is 0.277 e. The summed E-state index contributed by atoms with van der Waals surface area (Å²) in [6, 6.07) is 18.4. The summed E-state index contributed by atoms with van der Waals surface area (Å²) in [5.41, 5.74) is 0.649. The van der Waals surface area contributed by atoms with Crippen molar-refractivity contribution >= 4 is 5.69 Å². The van der Waals surface area contributed by atoms with E-state index in [9.17, 15) is 20.2 Å². The topological polar surface area (TPSA) is 88.9 Å². The number of pyridine rings is 1. The molecule has 2 aromatic carbocycles. The van der Waals surface area contributed by atoms with Gasteiger partial charge in [-0.1, -0.05) is 36.4 Å². The van der Waals surface area contributed by atoms with E-state index in [1.165, 1.54) is 16.8 Å². The zero-order chi connectivity index (χ0) is 17.1. The molecule has 1 heterocycles. The number of aromatic nitrogens is 1. The van der Waals surface area contributed by atoms with E-state index in [1.54, 1.807) is 54.6 Å². The highest BCUT2D eigenvalue weighted by molar-refractivity contribution is 5.71. The van der Waals surface area contributed by atoms with Crippen molar-refractivity contribution in [3.8, 4) is 22.9 Å². The Morgan fingerprint density at radius 3 is 2.33 bits per heavy atom. The van der Waals surface area contributed by atoms with Crippen LogP contribution in [0.4, 0.5) is 5.69 Å². The van der Waals surface area contributed by atoms with Crippen LogP contribution in [0.25, 0.3) is 16.8 Å². The van der Waals surface area contributed by atoms with Gasteiger partial charge < -0.3 is 0 Å². The van der Waals surface area contributed by atoms with Gasteiger partial charge in [-0.05, 0) is 18.2 Å². The molecule has 1 aromatic heterocycles. The van der Waals surface area contributed by atoms with Crippen molar-refractivity contribution in [2.75, 3.05) is 0 Å². The van der Waals surface area contributed by atoms with Crippen LogP contribution in [0.5, 0.6) is 0 Å². The quantitative estimate of drug-likeness (QED) is 0.547. The van der Waals surface area contributed by atoms with E-state index in [1.807, 2.05) is 6.07 Å². The van der Waals surface area contributed by atoms with Crippen molar-refractivity contribution in [1.29, 1.82) is 5.26 Å². The first-order chi connectivity index (χ1) is 11.6. The normalized spacial score (nSPS) is 10.1. The molecule has 0 aliphatic carbocycles. The Morgan fingerprint density at radius 1 is 1.00 bits per heavy atom. The molecular formula is C18H11N3O3. The molecule has 0 N–H and O–H groups in total. The lowest BCUT2D eigenvalue weighted by molar-refractivity contribution is -0.385. The van der Waals surface area contributed by atoms with Crippen LogP contribution in [0.15, 0.2) is 71.7 Å². The zero-order valence-electron chi connectivity index (χ0n) is 12.4. The van der Waals surface area contributed by atoms with Gasteiger partial charge in [-0.15, -0.1) is 0 Å². The van der Waals surface area contributed by atoms with Crippen LogP contribution < -0.4 is 5.56 Å².